The van der Waals surface area contributed by atoms with Crippen LogP contribution in [-0.2, 0) is 5.54 Å². The highest BCUT2D eigenvalue weighted by Gasteiger charge is 2.44. The molecule has 0 radical (unpaired) electrons. The first-order valence-electron chi connectivity index (χ1n) is 5.61. The van der Waals surface area contributed by atoms with Gasteiger partial charge >= 0.3 is 0 Å². The van der Waals surface area contributed by atoms with E-state index in [0.29, 0.717) is 5.89 Å². The lowest BCUT2D eigenvalue weighted by molar-refractivity contribution is 0.415. The van der Waals surface area contributed by atoms with Gasteiger partial charge in [0.2, 0.25) is 5.89 Å². The second-order valence-electron chi connectivity index (χ2n) is 4.43. The number of ether oxygens (including phenoxy) is 1. The molecule has 0 saturated heterocycles. The first kappa shape index (κ1) is 10.4. The zero-order chi connectivity index (χ0) is 11.9. The Balaban J connectivity index is 1.95. The molecule has 0 amide bonds. The summed E-state index contributed by atoms with van der Waals surface area (Å²) >= 11 is 0. The van der Waals surface area contributed by atoms with Crippen LogP contribution in [-0.4, -0.2) is 12.1 Å². The van der Waals surface area contributed by atoms with Crippen molar-refractivity contribution in [1.29, 1.82) is 0 Å². The normalized spacial score (nSPS) is 16.8. The van der Waals surface area contributed by atoms with Crippen LogP contribution >= 0.6 is 0 Å². The Morgan fingerprint density at radius 1 is 1.41 bits per heavy atom. The fraction of sp³-hybridized carbons (Fsp3) is 0.308. The van der Waals surface area contributed by atoms with Crippen LogP contribution in [0.2, 0.25) is 0 Å². The van der Waals surface area contributed by atoms with E-state index in [1.54, 1.807) is 13.4 Å². The van der Waals surface area contributed by atoms with Crippen molar-refractivity contribution < 1.29 is 9.15 Å². The molecule has 1 saturated carbocycles. The first-order valence-corrected chi connectivity index (χ1v) is 5.61. The molecule has 1 aromatic carbocycles. The Labute approximate surface area is 99.4 Å². The lowest BCUT2D eigenvalue weighted by Gasteiger charge is -2.01. The summed E-state index contributed by atoms with van der Waals surface area (Å²) in [5.41, 5.74) is 7.49. The SMILES string of the molecule is COc1cccc(-c2coc(C3(N)CC3)n2)c1. The lowest BCUT2D eigenvalue weighted by Crippen LogP contribution is -2.18. The molecule has 4 heteroatoms. The smallest absolute Gasteiger partial charge is 0.214 e. The summed E-state index contributed by atoms with van der Waals surface area (Å²) in [5, 5.41) is 0. The molecule has 1 aromatic heterocycles. The number of hydrogen-bond acceptors (Lipinski definition) is 4. The molecule has 0 aliphatic heterocycles. The summed E-state index contributed by atoms with van der Waals surface area (Å²) in [5.74, 6) is 1.44. The van der Waals surface area contributed by atoms with E-state index in [2.05, 4.69) is 4.98 Å². The summed E-state index contributed by atoms with van der Waals surface area (Å²) in [7, 11) is 1.65. The van der Waals surface area contributed by atoms with Crippen LogP contribution in [0.4, 0.5) is 0 Å². The van der Waals surface area contributed by atoms with Gasteiger partial charge in [-0.25, -0.2) is 4.98 Å². The van der Waals surface area contributed by atoms with Crippen LogP contribution in [0.3, 0.4) is 0 Å². The van der Waals surface area contributed by atoms with Crippen molar-refractivity contribution in [3.05, 3.63) is 36.4 Å². The Morgan fingerprint density at radius 3 is 2.94 bits per heavy atom. The molecule has 88 valence electrons. The van der Waals surface area contributed by atoms with Gasteiger partial charge in [0.25, 0.3) is 0 Å². The number of benzene rings is 1. The van der Waals surface area contributed by atoms with Gasteiger partial charge in [0, 0.05) is 5.56 Å². The molecular formula is C13H14N2O2. The minimum Gasteiger partial charge on any atom is -0.497 e. The van der Waals surface area contributed by atoms with Crippen molar-refractivity contribution in [3.63, 3.8) is 0 Å². The van der Waals surface area contributed by atoms with E-state index < -0.39 is 0 Å². The van der Waals surface area contributed by atoms with E-state index in [1.165, 1.54) is 0 Å². The van der Waals surface area contributed by atoms with E-state index in [0.717, 1.165) is 29.8 Å². The predicted octanol–water partition coefficient (Wildman–Crippen LogP) is 2.30. The van der Waals surface area contributed by atoms with Gasteiger partial charge in [0.1, 0.15) is 17.7 Å². The van der Waals surface area contributed by atoms with Crippen molar-refractivity contribution in [2.75, 3.05) is 7.11 Å². The fourth-order valence-corrected chi connectivity index (χ4v) is 1.77. The molecule has 1 heterocycles. The molecule has 1 aliphatic rings. The van der Waals surface area contributed by atoms with Crippen LogP contribution in [0.25, 0.3) is 11.3 Å². The molecule has 0 atom stereocenters. The van der Waals surface area contributed by atoms with E-state index in [4.69, 9.17) is 14.9 Å². The average Bonchev–Trinajstić information content (AvgIpc) is 2.94. The van der Waals surface area contributed by atoms with Crippen LogP contribution in [0.15, 0.2) is 34.9 Å². The molecule has 4 nitrogen and oxygen atoms in total. The molecule has 1 fully saturated rings. The van der Waals surface area contributed by atoms with Gasteiger partial charge in [-0.05, 0) is 25.0 Å². The van der Waals surface area contributed by atoms with E-state index >= 15 is 0 Å². The summed E-state index contributed by atoms with van der Waals surface area (Å²) in [4.78, 5) is 4.44. The first-order chi connectivity index (χ1) is 8.21. The Hall–Kier alpha value is -1.81. The van der Waals surface area contributed by atoms with Crippen LogP contribution in [0.5, 0.6) is 5.75 Å². The molecule has 1 aliphatic carbocycles. The largest absolute Gasteiger partial charge is 0.497 e. The third kappa shape index (κ3) is 1.80. The van der Waals surface area contributed by atoms with Crippen molar-refractivity contribution in [3.8, 4) is 17.0 Å². The number of hydrogen-bond donors (Lipinski definition) is 1. The topological polar surface area (TPSA) is 61.3 Å². The van der Waals surface area contributed by atoms with Crippen LogP contribution in [0, 0.1) is 0 Å². The Kier molecular flexibility index (Phi) is 2.19. The summed E-state index contributed by atoms with van der Waals surface area (Å²) in [6.07, 6.45) is 3.55. The molecule has 2 N–H and O–H groups in total. The van der Waals surface area contributed by atoms with Gasteiger partial charge in [-0.1, -0.05) is 12.1 Å². The third-order valence-corrected chi connectivity index (χ3v) is 3.08. The number of rotatable bonds is 3. The molecule has 3 rings (SSSR count). The van der Waals surface area contributed by atoms with Crippen LogP contribution < -0.4 is 10.5 Å². The molecule has 17 heavy (non-hydrogen) atoms. The van der Waals surface area contributed by atoms with Crippen molar-refractivity contribution in [1.82, 2.24) is 4.98 Å². The number of nitrogens with zero attached hydrogens (tertiary/aromatic N) is 1. The monoisotopic (exact) mass is 230 g/mol. The minimum atomic E-state index is -0.322. The molecule has 0 bridgehead atoms. The van der Waals surface area contributed by atoms with Gasteiger partial charge in [-0.2, -0.15) is 0 Å². The summed E-state index contributed by atoms with van der Waals surface area (Å²) in [6.45, 7) is 0. The zero-order valence-corrected chi connectivity index (χ0v) is 9.64. The lowest BCUT2D eigenvalue weighted by atomic mass is 10.1. The van der Waals surface area contributed by atoms with Crippen molar-refractivity contribution >= 4 is 0 Å². The van der Waals surface area contributed by atoms with Gasteiger partial charge in [-0.15, -0.1) is 0 Å². The van der Waals surface area contributed by atoms with Crippen molar-refractivity contribution in [2.24, 2.45) is 5.73 Å². The second kappa shape index (κ2) is 3.60. The van der Waals surface area contributed by atoms with Gasteiger partial charge in [0.05, 0.1) is 12.6 Å². The Morgan fingerprint density at radius 2 is 2.24 bits per heavy atom. The number of aromatic nitrogens is 1. The molecule has 0 spiro atoms. The summed E-state index contributed by atoms with van der Waals surface area (Å²) in [6, 6.07) is 7.73. The highest BCUT2D eigenvalue weighted by atomic mass is 16.5. The standard InChI is InChI=1S/C13H14N2O2/c1-16-10-4-2-3-9(7-10)11-8-17-12(15-11)13(14)5-6-13/h2-4,7-8H,5-6,14H2,1H3. The van der Waals surface area contributed by atoms with Crippen molar-refractivity contribution in [2.45, 2.75) is 18.4 Å². The van der Waals surface area contributed by atoms with Gasteiger partial charge in [-0.3, -0.25) is 0 Å². The molecular weight excluding hydrogens is 216 g/mol. The van der Waals surface area contributed by atoms with Gasteiger partial charge < -0.3 is 14.9 Å². The molecule has 2 aromatic rings. The van der Waals surface area contributed by atoms with E-state index in [9.17, 15) is 0 Å². The maximum Gasteiger partial charge on any atom is 0.214 e. The van der Waals surface area contributed by atoms with E-state index in [-0.39, 0.29) is 5.54 Å². The summed E-state index contributed by atoms with van der Waals surface area (Å²) < 4.78 is 10.6. The highest BCUT2D eigenvalue weighted by molar-refractivity contribution is 5.60. The fourth-order valence-electron chi connectivity index (χ4n) is 1.77. The second-order valence-corrected chi connectivity index (χ2v) is 4.43. The maximum atomic E-state index is 6.03. The quantitative estimate of drug-likeness (QED) is 0.878. The minimum absolute atomic E-state index is 0.322. The van der Waals surface area contributed by atoms with E-state index in [1.807, 2.05) is 24.3 Å². The number of nitrogens with two attached hydrogens (primary N) is 1. The number of oxazole rings is 1. The number of methoxy groups -OCH3 is 1. The molecule has 0 unspecified atom stereocenters. The Bertz CT molecular complexity index is 544. The third-order valence-electron chi connectivity index (χ3n) is 3.08. The van der Waals surface area contributed by atoms with Crippen LogP contribution in [0.1, 0.15) is 18.7 Å². The maximum absolute atomic E-state index is 6.03. The average molecular weight is 230 g/mol. The van der Waals surface area contributed by atoms with Gasteiger partial charge in [0.15, 0.2) is 0 Å². The predicted molar refractivity (Wildman–Crippen MR) is 63.6 cm³/mol. The zero-order valence-electron chi connectivity index (χ0n) is 9.64. The highest BCUT2D eigenvalue weighted by Crippen LogP contribution is 2.42.